The van der Waals surface area contributed by atoms with Gasteiger partial charge in [0.25, 0.3) is 0 Å². The van der Waals surface area contributed by atoms with Crippen molar-refractivity contribution in [3.63, 3.8) is 0 Å². The van der Waals surface area contributed by atoms with Gasteiger partial charge < -0.3 is 5.11 Å². The Labute approximate surface area is 391 Å². The molecule has 0 saturated heterocycles. The van der Waals surface area contributed by atoms with E-state index in [4.69, 9.17) is 0 Å². The summed E-state index contributed by atoms with van der Waals surface area (Å²) in [4.78, 5) is 0. The Morgan fingerprint density at radius 1 is 0.259 bits per heavy atom. The Morgan fingerprint density at radius 2 is 0.370 bits per heavy atom. The van der Waals surface area contributed by atoms with Crippen LogP contribution in [0.1, 0.15) is 0 Å². The van der Waals surface area contributed by atoms with Crippen LogP contribution in [0.3, 0.4) is 0 Å². The molecule has 0 aromatic carbocycles. The first-order valence-corrected chi connectivity index (χ1v) is 24.0. The first-order chi connectivity index (χ1) is 11.2. The van der Waals surface area contributed by atoms with E-state index < -0.39 is 6.46 Å². The molecule has 1 N–H and O–H groups in total. The molecule has 0 radical (unpaired) electrons. The standard InChI is InChI=1S/C9HI17O/c10-1(11)2(12,13)4(16,17)6(20,21)8(24,25)9(26,27)7(22,23)5(18,19)3(1,14)15/h27H. The Balaban J connectivity index is 4.27. The van der Waals surface area contributed by atoms with Gasteiger partial charge in [-0.05, 0) is 22.6 Å². The molecule has 1 aliphatic rings. The molecular weight excluding hydrogens is 2280 g/mol. The minimum Gasteiger partial charge on any atom is -0.375 e. The highest BCUT2D eigenvalue weighted by molar-refractivity contribution is 14.2. The fourth-order valence-corrected chi connectivity index (χ4v) is 32.0. The second kappa shape index (κ2) is 12.2. The summed E-state index contributed by atoms with van der Waals surface area (Å²) in [6.07, 6.45) is 0. The Kier molecular flexibility index (Phi) is 16.8. The van der Waals surface area contributed by atoms with E-state index >= 15 is 0 Å². The molecule has 0 aromatic rings. The SMILES string of the molecule is OC1(I)C(I)(I)C(I)(I)C(I)(I)C(I)(I)C(I)(I)C(I)(I)C(I)(I)C1(I)I. The zero-order valence-corrected chi connectivity index (χ0v) is 48.1. The van der Waals surface area contributed by atoms with Gasteiger partial charge in [0, 0.05) is 0 Å². The molecule has 0 unspecified atom stereocenters. The van der Waals surface area contributed by atoms with E-state index in [9.17, 15) is 5.11 Å². The van der Waals surface area contributed by atoms with Crippen molar-refractivity contribution in [2.24, 2.45) is 0 Å². The number of halogens is 17. The van der Waals surface area contributed by atoms with Crippen molar-refractivity contribution >= 4 is 384 Å². The van der Waals surface area contributed by atoms with Crippen molar-refractivity contribution in [1.29, 1.82) is 0 Å². The fourth-order valence-electron chi connectivity index (χ4n) is 1.80. The van der Waals surface area contributed by atoms with Gasteiger partial charge in [-0.2, -0.15) is 0 Å². The topological polar surface area (TPSA) is 20.2 Å². The zero-order valence-electron chi connectivity index (χ0n) is 11.4. The van der Waals surface area contributed by atoms with Gasteiger partial charge in [-0.3, -0.25) is 0 Å². The molecule has 18 heteroatoms. The predicted molar refractivity (Wildman–Crippen MR) is 265 cm³/mol. The van der Waals surface area contributed by atoms with E-state index in [1.54, 1.807) is 0 Å². The van der Waals surface area contributed by atoms with Crippen molar-refractivity contribution in [1.82, 2.24) is 0 Å². The van der Waals surface area contributed by atoms with Crippen LogP contribution in [0.2, 0.25) is 0 Å². The largest absolute Gasteiger partial charge is 0.375 e. The summed E-state index contributed by atoms with van der Waals surface area (Å²) in [6.45, 7) is 0. The lowest BCUT2D eigenvalue weighted by Gasteiger charge is -2.55. The van der Waals surface area contributed by atoms with E-state index in [-0.39, 0.29) is 8.57 Å². The van der Waals surface area contributed by atoms with Crippen LogP contribution < -0.4 is 0 Å². The number of alkyl halides is 17. The van der Waals surface area contributed by atoms with E-state index in [1.165, 1.54) is 0 Å². The summed E-state index contributed by atoms with van der Waals surface area (Å²) in [5.74, 6) is 0. The Hall–Kier alpha value is 12.4. The van der Waals surface area contributed by atoms with E-state index in [0.717, 1.165) is 0 Å². The van der Waals surface area contributed by atoms with E-state index in [1.807, 2.05) is 0 Å². The van der Waals surface area contributed by atoms with Crippen molar-refractivity contribution in [3.05, 3.63) is 0 Å². The number of hydrogen-bond acceptors (Lipinski definition) is 1. The van der Waals surface area contributed by atoms with Crippen molar-refractivity contribution in [2.75, 3.05) is 0 Å². The maximum atomic E-state index is 12.3. The quantitative estimate of drug-likeness (QED) is 0.189. The van der Waals surface area contributed by atoms with Crippen LogP contribution in [0.4, 0.5) is 0 Å². The van der Waals surface area contributed by atoms with Crippen molar-refractivity contribution in [3.8, 4) is 0 Å². The molecule has 1 rings (SSSR count). The molecule has 0 heterocycles. The van der Waals surface area contributed by atoms with Crippen LogP contribution in [0.15, 0.2) is 0 Å². The zero-order chi connectivity index (χ0) is 22.5. The van der Waals surface area contributed by atoms with Gasteiger partial charge in [-0.25, -0.2) is 0 Å². The smallest absolute Gasteiger partial charge is 0.166 e. The molecule has 1 fully saturated rings. The first-order valence-electron chi connectivity index (χ1n) is 5.69. The molecule has 27 heavy (non-hydrogen) atoms. The monoisotopic (exact) mass is 2280 g/mol. The highest BCUT2D eigenvalue weighted by Gasteiger charge is 2.84. The summed E-state index contributed by atoms with van der Waals surface area (Å²) < 4.78 is -3.07. The van der Waals surface area contributed by atoms with Crippen LogP contribution in [-0.2, 0) is 0 Å². The maximum absolute atomic E-state index is 12.3. The third-order valence-corrected chi connectivity index (χ3v) is 64.0. The molecule has 1 nitrogen and oxygen atoms in total. The summed E-state index contributed by atoms with van der Waals surface area (Å²) in [5, 5.41) is 12.3. The molecule has 1 aliphatic carbocycles. The molecule has 162 valence electrons. The minimum atomic E-state index is -0.995. The van der Waals surface area contributed by atoms with E-state index in [2.05, 4.69) is 384 Å². The predicted octanol–water partition coefficient (Wildman–Crippen LogP) is 12.7. The average molecular weight is 2280 g/mol. The van der Waals surface area contributed by atoms with Gasteiger partial charge in [0.2, 0.25) is 0 Å². The van der Waals surface area contributed by atoms with Crippen LogP contribution in [0.25, 0.3) is 0 Å². The van der Waals surface area contributed by atoms with Crippen molar-refractivity contribution in [2.45, 2.75) is 15.0 Å². The number of hydrogen-bond donors (Lipinski definition) is 1. The van der Waals surface area contributed by atoms with Gasteiger partial charge in [-0.15, -0.1) is 0 Å². The average Bonchev–Trinajstić information content (AvgIpc) is 2.44. The minimum absolute atomic E-state index is 0.133. The molecule has 0 bridgehead atoms. The Morgan fingerprint density at radius 3 is 0.519 bits per heavy atom. The lowest BCUT2D eigenvalue weighted by atomic mass is 10.1. The second-order valence-corrected chi connectivity index (χ2v) is 49.2. The second-order valence-electron chi connectivity index (χ2n) is 5.22. The third-order valence-electron chi connectivity index (χ3n) is 3.59. The van der Waals surface area contributed by atoms with Gasteiger partial charge in [0.1, 0.15) is 11.4 Å². The lowest BCUT2D eigenvalue weighted by Crippen LogP contribution is -2.68. The van der Waals surface area contributed by atoms with Gasteiger partial charge in [0.15, 0.2) is 3.61 Å². The lowest BCUT2D eigenvalue weighted by molar-refractivity contribution is 0.148. The molecule has 0 aliphatic heterocycles. The number of aliphatic hydroxyl groups is 1. The third kappa shape index (κ3) is 5.82. The molecule has 1 saturated carbocycles. The molecule has 0 atom stereocenters. The highest BCUT2D eigenvalue weighted by atomic mass is 127. The first kappa shape index (κ1) is 37.4. The van der Waals surface area contributed by atoms with Crippen LogP contribution in [0.5, 0.6) is 0 Å². The molecule has 0 amide bonds. The highest BCUT2D eigenvalue weighted by Crippen LogP contribution is 2.83. The molecular formula is C9HI17O. The summed E-state index contributed by atoms with van der Waals surface area (Å²) in [5.41, 5.74) is 0. The fraction of sp³-hybridized carbons (Fsp3) is 1.00. The Bertz CT molecular complexity index is 409. The van der Waals surface area contributed by atoms with Crippen molar-refractivity contribution < 1.29 is 5.11 Å². The maximum Gasteiger partial charge on any atom is 0.166 e. The number of rotatable bonds is 0. The van der Waals surface area contributed by atoms with Gasteiger partial charge in [0.05, 0.1) is 0 Å². The van der Waals surface area contributed by atoms with Crippen LogP contribution in [-0.4, -0.2) is 20.1 Å². The van der Waals surface area contributed by atoms with E-state index in [0.29, 0.717) is 0 Å². The molecule has 0 aromatic heterocycles. The van der Waals surface area contributed by atoms with Crippen LogP contribution >= 0.6 is 384 Å². The summed E-state index contributed by atoms with van der Waals surface area (Å²) in [7, 11) is 0. The normalized spacial score (nSPS) is 34.0. The molecule has 0 spiro atoms. The summed E-state index contributed by atoms with van der Waals surface area (Å²) in [6, 6.07) is 0. The van der Waals surface area contributed by atoms with Gasteiger partial charge >= 0.3 is 0 Å². The van der Waals surface area contributed by atoms with Crippen LogP contribution in [0, 0.1) is 0 Å². The van der Waals surface area contributed by atoms with Gasteiger partial charge in [-0.1, -0.05) is 361 Å². The summed E-state index contributed by atoms with van der Waals surface area (Å²) >= 11 is 44.1.